The molecule has 1 saturated carbocycles. The Morgan fingerprint density at radius 2 is 1.52 bits per heavy atom. The molecule has 0 saturated heterocycles. The van der Waals surface area contributed by atoms with Gasteiger partial charge in [0.05, 0.1) is 19.3 Å². The van der Waals surface area contributed by atoms with Crippen molar-refractivity contribution in [3.63, 3.8) is 0 Å². The Labute approximate surface area is 145 Å². The number of ether oxygens (including phenoxy) is 1. The minimum Gasteiger partial charge on any atom is -0.507 e. The van der Waals surface area contributed by atoms with Gasteiger partial charge in [-0.15, -0.1) is 0 Å². The Morgan fingerprint density at radius 3 is 2.08 bits per heavy atom. The van der Waals surface area contributed by atoms with E-state index in [1.165, 1.54) is 6.92 Å². The van der Waals surface area contributed by atoms with Crippen molar-refractivity contribution in [3.05, 3.63) is 46.5 Å². The quantitative estimate of drug-likeness (QED) is 0.582. The number of aryl methyl sites for hydroxylation is 1. The zero-order valence-electron chi connectivity index (χ0n) is 14.3. The molecule has 6 nitrogen and oxygen atoms in total. The number of phenolic OH excluding ortho intramolecular Hbond substituents is 3. The van der Waals surface area contributed by atoms with Gasteiger partial charge in [0.2, 0.25) is 0 Å². The molecule has 1 aliphatic rings. The number of methoxy groups -OCH3 is 1. The van der Waals surface area contributed by atoms with E-state index in [9.17, 15) is 25.5 Å². The number of hydrogen-bond donors (Lipinski definition) is 5. The summed E-state index contributed by atoms with van der Waals surface area (Å²) in [4.78, 5) is 0. The molecule has 2 aromatic carbocycles. The highest BCUT2D eigenvalue weighted by molar-refractivity contribution is 5.58. The summed E-state index contributed by atoms with van der Waals surface area (Å²) in [6, 6.07) is 6.50. The van der Waals surface area contributed by atoms with Crippen molar-refractivity contribution in [3.8, 4) is 23.0 Å². The molecule has 0 spiro atoms. The first kappa shape index (κ1) is 17.4. The number of benzene rings is 2. The van der Waals surface area contributed by atoms with E-state index < -0.39 is 24.0 Å². The lowest BCUT2D eigenvalue weighted by Crippen LogP contribution is -2.51. The summed E-state index contributed by atoms with van der Waals surface area (Å²) in [5, 5.41) is 51.2. The van der Waals surface area contributed by atoms with Gasteiger partial charge in [0.25, 0.3) is 0 Å². The molecule has 6 heteroatoms. The predicted octanol–water partition coefficient (Wildman–Crippen LogP) is 2.03. The summed E-state index contributed by atoms with van der Waals surface area (Å²) in [6.45, 7) is 3.37. The zero-order chi connectivity index (χ0) is 18.5. The highest BCUT2D eigenvalue weighted by atomic mass is 16.5. The van der Waals surface area contributed by atoms with Crippen LogP contribution in [0.4, 0.5) is 0 Å². The average molecular weight is 346 g/mol. The van der Waals surface area contributed by atoms with E-state index in [1.807, 2.05) is 13.0 Å². The summed E-state index contributed by atoms with van der Waals surface area (Å²) < 4.78 is 5.22. The molecule has 0 amide bonds. The Morgan fingerprint density at radius 1 is 0.880 bits per heavy atom. The number of rotatable bonds is 3. The summed E-state index contributed by atoms with van der Waals surface area (Å²) in [5.41, 5.74) is 1.88. The second kappa shape index (κ2) is 6.13. The third kappa shape index (κ3) is 2.58. The van der Waals surface area contributed by atoms with Crippen LogP contribution in [0.15, 0.2) is 24.3 Å². The van der Waals surface area contributed by atoms with Gasteiger partial charge in [0, 0.05) is 29.0 Å². The van der Waals surface area contributed by atoms with Gasteiger partial charge in [0.15, 0.2) is 0 Å². The zero-order valence-corrected chi connectivity index (χ0v) is 14.3. The lowest BCUT2D eigenvalue weighted by atomic mass is 9.62. The second-order valence-electron chi connectivity index (χ2n) is 6.56. The molecule has 5 N–H and O–H groups in total. The van der Waals surface area contributed by atoms with Crippen LogP contribution >= 0.6 is 0 Å². The highest BCUT2D eigenvalue weighted by Crippen LogP contribution is 2.54. The predicted molar refractivity (Wildman–Crippen MR) is 91.4 cm³/mol. The molecule has 0 bridgehead atoms. The van der Waals surface area contributed by atoms with Crippen molar-refractivity contribution in [2.24, 2.45) is 0 Å². The maximum atomic E-state index is 10.6. The lowest BCUT2D eigenvalue weighted by Gasteiger charge is -2.47. The van der Waals surface area contributed by atoms with Crippen molar-refractivity contribution >= 4 is 0 Å². The molecule has 0 radical (unpaired) electrons. The normalized spacial score (nSPS) is 25.5. The Bertz CT molecular complexity index is 806. The molecule has 1 aliphatic carbocycles. The van der Waals surface area contributed by atoms with Crippen molar-refractivity contribution in [2.45, 2.75) is 37.9 Å². The summed E-state index contributed by atoms with van der Waals surface area (Å²) in [7, 11) is 1.57. The van der Waals surface area contributed by atoms with Gasteiger partial charge in [-0.1, -0.05) is 12.1 Å². The SMILES string of the molecule is COc1ccc(C2C(O)C(c3c(O)cc(O)c(C)c3O)C2O)cc1C. The van der Waals surface area contributed by atoms with E-state index in [1.54, 1.807) is 19.2 Å². The number of hydrogen-bond acceptors (Lipinski definition) is 6. The third-order valence-electron chi connectivity index (χ3n) is 5.15. The molecular weight excluding hydrogens is 324 g/mol. The van der Waals surface area contributed by atoms with Gasteiger partial charge >= 0.3 is 0 Å². The Balaban J connectivity index is 1.95. The molecule has 0 aromatic heterocycles. The van der Waals surface area contributed by atoms with Crippen LogP contribution < -0.4 is 4.74 Å². The van der Waals surface area contributed by atoms with Crippen LogP contribution in [-0.4, -0.2) is 44.9 Å². The Hall–Kier alpha value is -2.44. The van der Waals surface area contributed by atoms with Crippen LogP contribution in [0, 0.1) is 13.8 Å². The molecule has 0 aliphatic heterocycles. The number of aliphatic hydroxyl groups is 2. The monoisotopic (exact) mass is 346 g/mol. The van der Waals surface area contributed by atoms with Crippen molar-refractivity contribution < 1.29 is 30.3 Å². The number of aromatic hydroxyl groups is 3. The maximum absolute atomic E-state index is 10.6. The van der Waals surface area contributed by atoms with Crippen LogP contribution in [0.25, 0.3) is 0 Å². The fourth-order valence-corrected chi connectivity index (χ4v) is 3.64. The topological polar surface area (TPSA) is 110 Å². The fourth-order valence-electron chi connectivity index (χ4n) is 3.64. The van der Waals surface area contributed by atoms with Crippen LogP contribution in [0.5, 0.6) is 23.0 Å². The van der Waals surface area contributed by atoms with E-state index in [2.05, 4.69) is 0 Å². The van der Waals surface area contributed by atoms with Crippen LogP contribution in [0.1, 0.15) is 34.1 Å². The number of aliphatic hydroxyl groups excluding tert-OH is 2. The van der Waals surface area contributed by atoms with Gasteiger partial charge in [-0.25, -0.2) is 0 Å². The van der Waals surface area contributed by atoms with Crippen molar-refractivity contribution in [1.29, 1.82) is 0 Å². The van der Waals surface area contributed by atoms with Gasteiger partial charge in [-0.2, -0.15) is 0 Å². The largest absolute Gasteiger partial charge is 0.507 e. The first-order chi connectivity index (χ1) is 11.8. The summed E-state index contributed by atoms with van der Waals surface area (Å²) >= 11 is 0. The molecule has 0 heterocycles. The van der Waals surface area contributed by atoms with E-state index in [0.717, 1.165) is 17.2 Å². The van der Waals surface area contributed by atoms with Gasteiger partial charge in [-0.3, -0.25) is 0 Å². The van der Waals surface area contributed by atoms with Crippen molar-refractivity contribution in [1.82, 2.24) is 0 Å². The van der Waals surface area contributed by atoms with Gasteiger partial charge in [0.1, 0.15) is 23.0 Å². The molecular formula is C19H22O6. The van der Waals surface area contributed by atoms with Gasteiger partial charge in [-0.05, 0) is 31.0 Å². The van der Waals surface area contributed by atoms with Gasteiger partial charge < -0.3 is 30.3 Å². The average Bonchev–Trinajstić information content (AvgIpc) is 2.57. The van der Waals surface area contributed by atoms with E-state index in [4.69, 9.17) is 4.74 Å². The van der Waals surface area contributed by atoms with Crippen LogP contribution in [-0.2, 0) is 0 Å². The van der Waals surface area contributed by atoms with Crippen LogP contribution in [0.3, 0.4) is 0 Å². The standard InChI is InChI=1S/C19H22O6/c1-8-6-10(4-5-13(8)25-3)14-18(23)16(19(14)24)15-12(21)7-11(20)9(2)17(15)22/h4-7,14,16,18-24H,1-3H3. The minimum absolute atomic E-state index is 0.0526. The summed E-state index contributed by atoms with van der Waals surface area (Å²) in [6.07, 6.45) is -1.97. The minimum atomic E-state index is -0.983. The maximum Gasteiger partial charge on any atom is 0.129 e. The van der Waals surface area contributed by atoms with E-state index in [0.29, 0.717) is 5.75 Å². The Kier molecular flexibility index (Phi) is 4.26. The number of phenols is 3. The van der Waals surface area contributed by atoms with E-state index >= 15 is 0 Å². The molecule has 3 rings (SSSR count). The van der Waals surface area contributed by atoms with Crippen molar-refractivity contribution in [2.75, 3.05) is 7.11 Å². The second-order valence-corrected chi connectivity index (χ2v) is 6.56. The first-order valence-corrected chi connectivity index (χ1v) is 8.03. The molecule has 2 atom stereocenters. The fraction of sp³-hybridized carbons (Fsp3) is 0.368. The third-order valence-corrected chi connectivity index (χ3v) is 5.15. The smallest absolute Gasteiger partial charge is 0.129 e. The highest BCUT2D eigenvalue weighted by Gasteiger charge is 2.52. The first-order valence-electron chi connectivity index (χ1n) is 8.03. The van der Waals surface area contributed by atoms with Crippen LogP contribution in [0.2, 0.25) is 0 Å². The molecule has 1 fully saturated rings. The van der Waals surface area contributed by atoms with E-state index in [-0.39, 0.29) is 28.4 Å². The molecule has 134 valence electrons. The lowest BCUT2D eigenvalue weighted by molar-refractivity contribution is -0.0798. The summed E-state index contributed by atoms with van der Waals surface area (Å²) in [5.74, 6) is -1.58. The molecule has 2 aromatic rings. The molecule has 25 heavy (non-hydrogen) atoms. The molecule has 2 unspecified atom stereocenters.